The normalized spacial score (nSPS) is 10.5. The van der Waals surface area contributed by atoms with E-state index in [0.717, 1.165) is 117 Å². The molecule has 0 heterocycles. The van der Waals surface area contributed by atoms with Crippen LogP contribution >= 0.6 is 119 Å². The second-order valence-electron chi connectivity index (χ2n) is 28.8. The molecule has 0 saturated heterocycles. The fraction of sp³-hybridized carbons (Fsp3) is 0.402. The van der Waals surface area contributed by atoms with Crippen LogP contribution in [-0.4, -0.2) is 129 Å². The van der Waals surface area contributed by atoms with Gasteiger partial charge >= 0.3 is 265 Å². The molecule has 0 aliphatic heterocycles. The first-order valence-electron chi connectivity index (χ1n) is 34.8. The van der Waals surface area contributed by atoms with E-state index in [4.69, 9.17) is 119 Å². The minimum atomic E-state index is -0.826. The molecule has 0 fully saturated rings. The van der Waals surface area contributed by atoms with Gasteiger partial charge in [-0.15, -0.1) is 0 Å². The number of aliphatic imine (C=N–C) groups is 7. The second-order valence-corrected chi connectivity index (χ2v) is 54.9. The van der Waals surface area contributed by atoms with Crippen LogP contribution in [0.3, 0.4) is 0 Å². The van der Waals surface area contributed by atoms with E-state index in [-0.39, 0.29) is 21.7 Å². The average molecular weight is 2450 g/mol. The first kappa shape index (κ1) is 131. The Hall–Kier alpha value is 1.07. The molecular weight excluding hydrogens is 2330 g/mol. The van der Waals surface area contributed by atoms with Crippen LogP contribution in [-0.2, 0) is 168 Å². The summed E-state index contributed by atoms with van der Waals surface area (Å²) in [6, 6.07) is 27.5. The van der Waals surface area contributed by atoms with Gasteiger partial charge in [-0.3, -0.25) is 34.9 Å². The zero-order valence-corrected chi connectivity index (χ0v) is 100.0. The first-order valence-corrected chi connectivity index (χ1v) is 79.1. The molecule has 646 valence electrons. The number of phenolic OH excluding ortho intramolecular Hbond substituents is 7. The molecule has 14 nitrogen and oxygen atoms in total. The average Bonchev–Trinajstić information content (AvgIpc) is 0.821. The van der Waals surface area contributed by atoms with E-state index in [0.29, 0.717) is 40.2 Å². The number of hydrogen-bond acceptors (Lipinski definition) is 14. The van der Waals surface area contributed by atoms with E-state index in [1.807, 2.05) is 154 Å². The number of phenols is 7. The van der Waals surface area contributed by atoms with Gasteiger partial charge in [0.05, 0.1) is 0 Å². The second kappa shape index (κ2) is 76.0. The summed E-state index contributed by atoms with van der Waals surface area (Å²) in [5.41, 5.74) is 19.9. The molecule has 0 unspecified atom stereocenters. The van der Waals surface area contributed by atoms with Crippen molar-refractivity contribution in [2.45, 2.75) is 174 Å². The number of benzene rings is 7. The third-order valence-corrected chi connectivity index (χ3v) is 14.7. The maximum atomic E-state index is 10.1. The Labute approximate surface area is 831 Å². The summed E-state index contributed by atoms with van der Waals surface area (Å²) in [6.07, 6.45) is 11.8. The molecule has 117 heavy (non-hydrogen) atoms. The van der Waals surface area contributed by atoms with Crippen LogP contribution in [0.1, 0.15) is 200 Å². The SMILES string of the molecule is CN=Cc1cc(C)cc(C(C)(C)C)c1O.CN=Cc1cc(C)cc(C(C)(C)C)c1O.CN=Cc1cc(C)cc(C(C)(C)C)c1O.CN=Cc1cc(C)cc(C(C)(C)C)c1O.CN=Cc1cc(C)cc(C)c1O.CN=Cc1cc(C)cc(C)c1O.CN=Cc1cc(C)cc(C)c1O.[Cl][Zr][Cl].[Cl][Zr][Cl].[Cl][Zr][Cl].[Cl][Zr][Cl].[Cl][Zr][Cl].[Cl][Zr][Cl].[Cl][Zr][Cl]. The van der Waals surface area contributed by atoms with Crippen LogP contribution < -0.4 is 0 Å². The molecule has 0 saturated carbocycles. The van der Waals surface area contributed by atoms with Gasteiger partial charge in [0, 0.05) is 154 Å². The molecule has 7 aromatic carbocycles. The van der Waals surface area contributed by atoms with Gasteiger partial charge in [0.15, 0.2) is 0 Å². The zero-order valence-electron chi connectivity index (χ0n) is 72.2. The molecule has 0 bridgehead atoms. The van der Waals surface area contributed by atoms with E-state index in [9.17, 15) is 35.7 Å². The topological polar surface area (TPSA) is 228 Å². The van der Waals surface area contributed by atoms with Gasteiger partial charge in [-0.1, -0.05) is 126 Å². The van der Waals surface area contributed by atoms with Crippen molar-refractivity contribution in [1.29, 1.82) is 0 Å². The Morgan fingerprint density at radius 3 is 0.410 bits per heavy atom. The molecule has 0 amide bonds. The van der Waals surface area contributed by atoms with Crippen LogP contribution in [0.15, 0.2) is 120 Å². The first-order chi connectivity index (χ1) is 54.3. The summed E-state index contributed by atoms with van der Waals surface area (Å²) < 4.78 is 0. The monoisotopic (exact) mass is 2430 g/mol. The molecule has 7 rings (SSSR count). The Morgan fingerprint density at radius 2 is 0.308 bits per heavy atom. The van der Waals surface area contributed by atoms with E-state index in [1.54, 1.807) is 92.8 Å². The standard InChI is InChI=1S/4C13H19NO.3C10H13NO.14ClH.7Zr/c4*1-9-6-10(8-14-5)12(15)11(7-9)13(2,3)4;3*1-7-4-8(2)10(12)9(5-7)6-11-3;;;;;;;;;;;;;;;;;;;;;/h4*6-8,15H,1-5H3;3*4-6,12H,1-3H3;14*1H;;;;;;;/q;;;;;;;;;;;;;;;;;;;;;7*+2/p-14. The molecular formula is C82H115Cl14N7O7Zr7. The van der Waals surface area contributed by atoms with Gasteiger partial charge in [0.2, 0.25) is 0 Å². The van der Waals surface area contributed by atoms with Crippen LogP contribution in [0.2, 0.25) is 0 Å². The van der Waals surface area contributed by atoms with Crippen LogP contribution in [0.4, 0.5) is 0 Å². The van der Waals surface area contributed by atoms with Crippen molar-refractivity contribution in [3.05, 3.63) is 202 Å². The number of aromatic hydroxyl groups is 7. The van der Waals surface area contributed by atoms with Crippen LogP contribution in [0.25, 0.3) is 0 Å². The summed E-state index contributed by atoms with van der Waals surface area (Å²) in [5, 5.41) is 69.0. The zero-order chi connectivity index (χ0) is 92.9. The fourth-order valence-electron chi connectivity index (χ4n) is 10.2. The fourth-order valence-corrected chi connectivity index (χ4v) is 10.2. The van der Waals surface area contributed by atoms with Crippen molar-refractivity contribution in [3.63, 3.8) is 0 Å². The van der Waals surface area contributed by atoms with E-state index in [2.05, 4.69) is 118 Å². The van der Waals surface area contributed by atoms with E-state index < -0.39 is 146 Å². The molecule has 0 aliphatic carbocycles. The van der Waals surface area contributed by atoms with Crippen molar-refractivity contribution >= 4 is 163 Å². The van der Waals surface area contributed by atoms with E-state index in [1.165, 1.54) is 0 Å². The van der Waals surface area contributed by atoms with Gasteiger partial charge in [0.25, 0.3) is 0 Å². The summed E-state index contributed by atoms with van der Waals surface area (Å²) in [7, 11) is 81.0. The third-order valence-electron chi connectivity index (χ3n) is 14.7. The van der Waals surface area contributed by atoms with Crippen molar-refractivity contribution in [2.24, 2.45) is 34.9 Å². The Bertz CT molecular complexity index is 3660. The molecule has 7 N–H and O–H groups in total. The number of hydrogen-bond donors (Lipinski definition) is 7. The Morgan fingerprint density at radius 1 is 0.205 bits per heavy atom. The van der Waals surface area contributed by atoms with E-state index >= 15 is 0 Å². The van der Waals surface area contributed by atoms with Gasteiger partial charge in [-0.25, -0.2) is 0 Å². The predicted octanol–water partition coefficient (Wildman–Crippen LogP) is 28.0. The third kappa shape index (κ3) is 62.0. The molecule has 0 spiro atoms. The summed E-state index contributed by atoms with van der Waals surface area (Å²) in [5.74, 6) is 2.36. The van der Waals surface area contributed by atoms with Crippen molar-refractivity contribution in [1.82, 2.24) is 0 Å². The van der Waals surface area contributed by atoms with Crippen LogP contribution in [0, 0.1) is 69.2 Å². The number of nitrogens with zero attached hydrogens (tertiary/aromatic N) is 7. The van der Waals surface area contributed by atoms with Crippen molar-refractivity contribution < 1.29 is 182 Å². The number of halogens is 14. The predicted molar refractivity (Wildman–Crippen MR) is 495 cm³/mol. The molecule has 35 heteroatoms. The summed E-state index contributed by atoms with van der Waals surface area (Å²) >= 11 is -5.78. The van der Waals surface area contributed by atoms with Gasteiger partial charge in [-0.05, 0) is 189 Å². The molecule has 7 aromatic rings. The van der Waals surface area contributed by atoms with Crippen molar-refractivity contribution in [2.75, 3.05) is 49.3 Å². The molecule has 0 atom stereocenters. The summed E-state index contributed by atoms with van der Waals surface area (Å²) in [4.78, 5) is 27.4. The number of aryl methyl sites for hydroxylation is 10. The Kier molecular flexibility index (Phi) is 85.2. The van der Waals surface area contributed by atoms with Gasteiger partial charge in [-0.2, -0.15) is 0 Å². The van der Waals surface area contributed by atoms with Crippen molar-refractivity contribution in [3.8, 4) is 40.2 Å². The summed E-state index contributed by atoms with van der Waals surface area (Å²) in [6.45, 7) is 44.9. The van der Waals surface area contributed by atoms with Crippen LogP contribution in [0.5, 0.6) is 40.2 Å². The minimum absolute atomic E-state index is 0.0492. The molecule has 0 aliphatic rings. The van der Waals surface area contributed by atoms with Gasteiger partial charge < -0.3 is 35.7 Å². The van der Waals surface area contributed by atoms with Gasteiger partial charge in [0.1, 0.15) is 40.2 Å². The number of rotatable bonds is 7. The molecule has 0 aromatic heterocycles. The quantitative estimate of drug-likeness (QED) is 0.0763. The maximum absolute atomic E-state index is 10.1. The Balaban J connectivity index is -0.000000232. The molecule has 0 radical (unpaired) electrons.